The normalized spacial score (nSPS) is 21.8. The highest BCUT2D eigenvalue weighted by atomic mass is 35.5. The molecule has 0 radical (unpaired) electrons. The summed E-state index contributed by atoms with van der Waals surface area (Å²) in [6, 6.07) is 0. The average molecular weight is 304 g/mol. The molecular formula is C13H22ClN3OS. The van der Waals surface area contributed by atoms with Gasteiger partial charge < -0.3 is 9.88 Å². The maximum atomic E-state index is 11.9. The van der Waals surface area contributed by atoms with Crippen LogP contribution < -0.4 is 10.1 Å². The van der Waals surface area contributed by atoms with Crippen LogP contribution in [0, 0.1) is 11.8 Å². The van der Waals surface area contributed by atoms with Gasteiger partial charge in [-0.05, 0) is 37.8 Å². The zero-order valence-electron chi connectivity index (χ0n) is 11.5. The first-order chi connectivity index (χ1) is 8.66. The highest BCUT2D eigenvalue weighted by Gasteiger charge is 2.21. The topological polar surface area (TPSA) is 46.4 Å². The second-order valence-corrected chi connectivity index (χ2v) is 5.96. The molecule has 2 heterocycles. The number of piperidine rings is 1. The quantitative estimate of drug-likeness (QED) is 0.928. The van der Waals surface area contributed by atoms with Gasteiger partial charge in [0.1, 0.15) is 0 Å². The van der Waals surface area contributed by atoms with E-state index in [0.717, 1.165) is 17.9 Å². The summed E-state index contributed by atoms with van der Waals surface area (Å²) in [4.78, 5) is 16.9. The molecule has 2 atom stereocenters. The Morgan fingerprint density at radius 3 is 3.05 bits per heavy atom. The number of hydrogen-bond acceptors (Lipinski definition) is 3. The van der Waals surface area contributed by atoms with Crippen molar-refractivity contribution in [2.45, 2.75) is 26.2 Å². The van der Waals surface area contributed by atoms with Crippen LogP contribution >= 0.6 is 23.7 Å². The third kappa shape index (κ3) is 4.75. The number of thiazole rings is 1. The van der Waals surface area contributed by atoms with E-state index in [2.05, 4.69) is 17.2 Å². The van der Waals surface area contributed by atoms with Gasteiger partial charge in [0.2, 0.25) is 5.91 Å². The minimum Gasteiger partial charge on any atom is -0.327 e. The molecule has 1 aliphatic heterocycles. The van der Waals surface area contributed by atoms with Gasteiger partial charge in [-0.15, -0.1) is 23.7 Å². The van der Waals surface area contributed by atoms with E-state index in [1.54, 1.807) is 0 Å². The van der Waals surface area contributed by atoms with Gasteiger partial charge in [0.25, 0.3) is 0 Å². The van der Waals surface area contributed by atoms with Crippen LogP contribution in [0.25, 0.3) is 0 Å². The fourth-order valence-corrected chi connectivity index (χ4v) is 3.14. The van der Waals surface area contributed by atoms with Crippen molar-refractivity contribution < 1.29 is 4.79 Å². The van der Waals surface area contributed by atoms with Crippen molar-refractivity contribution in [3.05, 3.63) is 16.4 Å². The van der Waals surface area contributed by atoms with Crippen molar-refractivity contribution in [2.24, 2.45) is 23.9 Å². The fourth-order valence-electron chi connectivity index (χ4n) is 2.39. The Morgan fingerprint density at radius 1 is 1.68 bits per heavy atom. The number of hydrogen-bond donors (Lipinski definition) is 1. The molecule has 0 bridgehead atoms. The molecule has 19 heavy (non-hydrogen) atoms. The predicted octanol–water partition coefficient (Wildman–Crippen LogP) is 1.96. The lowest BCUT2D eigenvalue weighted by Crippen LogP contribution is -2.34. The van der Waals surface area contributed by atoms with Crippen molar-refractivity contribution in [1.29, 1.82) is 0 Å². The van der Waals surface area contributed by atoms with E-state index in [-0.39, 0.29) is 18.3 Å². The van der Waals surface area contributed by atoms with Crippen LogP contribution in [-0.2, 0) is 11.8 Å². The van der Waals surface area contributed by atoms with E-state index in [1.807, 2.05) is 23.2 Å². The number of halogens is 1. The summed E-state index contributed by atoms with van der Waals surface area (Å²) in [6.45, 7) is 4.33. The molecule has 1 aromatic rings. The Morgan fingerprint density at radius 2 is 2.47 bits per heavy atom. The molecule has 0 aromatic carbocycles. The minimum absolute atomic E-state index is 0. The summed E-state index contributed by atoms with van der Waals surface area (Å²) in [6.07, 6.45) is 4.93. The molecule has 108 valence electrons. The van der Waals surface area contributed by atoms with Gasteiger partial charge in [0, 0.05) is 25.0 Å². The van der Waals surface area contributed by atoms with E-state index in [9.17, 15) is 4.79 Å². The predicted molar refractivity (Wildman–Crippen MR) is 80.5 cm³/mol. The maximum Gasteiger partial charge on any atom is 0.248 e. The maximum absolute atomic E-state index is 11.9. The van der Waals surface area contributed by atoms with E-state index in [1.165, 1.54) is 24.2 Å². The first kappa shape index (κ1) is 16.4. The average Bonchev–Trinajstić information content (AvgIpc) is 2.76. The summed E-state index contributed by atoms with van der Waals surface area (Å²) < 4.78 is 1.88. The van der Waals surface area contributed by atoms with Gasteiger partial charge in [-0.3, -0.25) is 4.79 Å². The third-order valence-electron chi connectivity index (χ3n) is 3.62. The molecule has 6 heteroatoms. The minimum atomic E-state index is 0. The Kier molecular flexibility index (Phi) is 6.75. The van der Waals surface area contributed by atoms with Crippen LogP contribution in [0.4, 0.5) is 0 Å². The molecule has 0 aliphatic carbocycles. The number of aromatic nitrogens is 1. The van der Waals surface area contributed by atoms with Crippen molar-refractivity contribution in [1.82, 2.24) is 9.88 Å². The monoisotopic (exact) mass is 303 g/mol. The number of carbonyl (C=O) groups is 1. The van der Waals surface area contributed by atoms with E-state index < -0.39 is 0 Å². The van der Waals surface area contributed by atoms with Crippen LogP contribution in [0.3, 0.4) is 0 Å². The zero-order valence-corrected chi connectivity index (χ0v) is 13.1. The molecule has 1 aliphatic rings. The van der Waals surface area contributed by atoms with Crippen LogP contribution in [0.15, 0.2) is 16.6 Å². The molecule has 0 saturated carbocycles. The van der Waals surface area contributed by atoms with E-state index >= 15 is 0 Å². The number of carbonyl (C=O) groups excluding carboxylic acids is 1. The molecule has 1 amide bonds. The Labute approximate surface area is 124 Å². The van der Waals surface area contributed by atoms with Crippen molar-refractivity contribution in [3.63, 3.8) is 0 Å². The first-order valence-corrected chi connectivity index (χ1v) is 7.43. The largest absolute Gasteiger partial charge is 0.327 e. The highest BCUT2D eigenvalue weighted by Crippen LogP contribution is 2.22. The lowest BCUT2D eigenvalue weighted by molar-refractivity contribution is -0.119. The number of aryl methyl sites for hydroxylation is 1. The fraction of sp³-hybridized carbons (Fsp3) is 0.692. The summed E-state index contributed by atoms with van der Waals surface area (Å²) >= 11 is 1.50. The standard InChI is InChI=1S/C13H21N3OS.ClH/c1-10(11-4-3-5-14-9-11)8-12(17)15-13-16(2)6-7-18-13;/h6-7,10-11,14H,3-5,8-9H2,1-2H3;1H. The number of amides is 1. The van der Waals surface area contributed by atoms with Gasteiger partial charge >= 0.3 is 0 Å². The van der Waals surface area contributed by atoms with Crippen molar-refractivity contribution in [2.75, 3.05) is 13.1 Å². The molecule has 4 nitrogen and oxygen atoms in total. The third-order valence-corrected chi connectivity index (χ3v) is 4.46. The van der Waals surface area contributed by atoms with Crippen LogP contribution in [0.2, 0.25) is 0 Å². The smallest absolute Gasteiger partial charge is 0.248 e. The van der Waals surface area contributed by atoms with Crippen LogP contribution in [0.1, 0.15) is 26.2 Å². The number of nitrogens with zero attached hydrogens (tertiary/aromatic N) is 2. The van der Waals surface area contributed by atoms with Gasteiger partial charge in [0.05, 0.1) is 0 Å². The Bertz CT molecular complexity index is 462. The second kappa shape index (κ2) is 7.82. The summed E-state index contributed by atoms with van der Waals surface area (Å²) in [5.41, 5.74) is 0. The molecule has 0 spiro atoms. The van der Waals surface area contributed by atoms with Gasteiger partial charge in [-0.1, -0.05) is 6.92 Å². The van der Waals surface area contributed by atoms with Gasteiger partial charge in [0.15, 0.2) is 4.80 Å². The Balaban J connectivity index is 0.00000180. The van der Waals surface area contributed by atoms with Gasteiger partial charge in [-0.25, -0.2) is 0 Å². The molecule has 1 saturated heterocycles. The van der Waals surface area contributed by atoms with Crippen LogP contribution in [0.5, 0.6) is 0 Å². The number of nitrogens with one attached hydrogen (secondary N) is 1. The van der Waals surface area contributed by atoms with E-state index in [0.29, 0.717) is 18.3 Å². The van der Waals surface area contributed by atoms with E-state index in [4.69, 9.17) is 0 Å². The van der Waals surface area contributed by atoms with Crippen LogP contribution in [-0.4, -0.2) is 23.6 Å². The molecule has 2 rings (SSSR count). The molecule has 1 fully saturated rings. The molecule has 2 unspecified atom stereocenters. The Hall–Kier alpha value is -0.650. The zero-order chi connectivity index (χ0) is 13.0. The SMILES string of the molecule is CC(CC(=O)N=c1sccn1C)C1CCCNC1.Cl. The second-order valence-electron chi connectivity index (χ2n) is 5.09. The highest BCUT2D eigenvalue weighted by molar-refractivity contribution is 7.07. The molecule has 1 N–H and O–H groups in total. The first-order valence-electron chi connectivity index (χ1n) is 6.55. The lowest BCUT2D eigenvalue weighted by atomic mass is 9.85. The van der Waals surface area contributed by atoms with Gasteiger partial charge in [-0.2, -0.15) is 4.99 Å². The lowest BCUT2D eigenvalue weighted by Gasteiger charge is -2.27. The number of rotatable bonds is 3. The van der Waals surface area contributed by atoms with Crippen molar-refractivity contribution >= 4 is 29.7 Å². The summed E-state index contributed by atoms with van der Waals surface area (Å²) in [7, 11) is 1.91. The van der Waals surface area contributed by atoms with Crippen molar-refractivity contribution in [3.8, 4) is 0 Å². The molecular weight excluding hydrogens is 282 g/mol. The summed E-state index contributed by atoms with van der Waals surface area (Å²) in [5.74, 6) is 1.04. The summed E-state index contributed by atoms with van der Waals surface area (Å²) in [5, 5.41) is 5.34. The molecule has 1 aromatic heterocycles.